The Balaban J connectivity index is 1.66. The predicted octanol–water partition coefficient (Wildman–Crippen LogP) is 6.07. The predicted molar refractivity (Wildman–Crippen MR) is 118 cm³/mol. The highest BCUT2D eigenvalue weighted by atomic mass is 16.3. The van der Waals surface area contributed by atoms with Gasteiger partial charge in [0.2, 0.25) is 0 Å². The Kier molecular flexibility index (Phi) is 5.57. The SMILES string of the molecule is Cc1ccc(-n2[nH]c(C)c(N=Nc3cccc(C4C[CH]CCC4)c3O)c2=O)cc1C. The van der Waals surface area contributed by atoms with E-state index in [0.717, 1.165) is 42.5 Å². The van der Waals surface area contributed by atoms with Gasteiger partial charge in [-0.3, -0.25) is 9.89 Å². The number of nitrogens with zero attached hydrogens (tertiary/aromatic N) is 3. The maximum absolute atomic E-state index is 12.9. The summed E-state index contributed by atoms with van der Waals surface area (Å²) in [5, 5.41) is 22.2. The molecule has 2 N–H and O–H groups in total. The van der Waals surface area contributed by atoms with Crippen molar-refractivity contribution in [3.63, 3.8) is 0 Å². The van der Waals surface area contributed by atoms with Crippen molar-refractivity contribution in [1.82, 2.24) is 9.78 Å². The third-order valence-corrected chi connectivity index (χ3v) is 5.94. The summed E-state index contributed by atoms with van der Waals surface area (Å²) in [6.45, 7) is 5.84. The number of phenolic OH excluding ortho intramolecular Hbond substituents is 1. The molecule has 1 heterocycles. The van der Waals surface area contributed by atoms with Crippen LogP contribution in [-0.2, 0) is 0 Å². The Bertz CT molecular complexity index is 1150. The van der Waals surface area contributed by atoms with Crippen LogP contribution in [0, 0.1) is 27.2 Å². The van der Waals surface area contributed by atoms with Crippen LogP contribution >= 0.6 is 0 Å². The van der Waals surface area contributed by atoms with Crippen LogP contribution in [0.5, 0.6) is 5.75 Å². The Hall–Kier alpha value is -3.15. The van der Waals surface area contributed by atoms with Gasteiger partial charge >= 0.3 is 0 Å². The van der Waals surface area contributed by atoms with Gasteiger partial charge in [-0.2, -0.15) is 0 Å². The lowest BCUT2D eigenvalue weighted by molar-refractivity contribution is 0.445. The van der Waals surface area contributed by atoms with E-state index < -0.39 is 0 Å². The first-order chi connectivity index (χ1) is 14.5. The third kappa shape index (κ3) is 3.82. The zero-order chi connectivity index (χ0) is 21.3. The summed E-state index contributed by atoms with van der Waals surface area (Å²) in [7, 11) is 0. The Morgan fingerprint density at radius 2 is 1.93 bits per heavy atom. The first-order valence-corrected chi connectivity index (χ1v) is 10.4. The summed E-state index contributed by atoms with van der Waals surface area (Å²) in [6.07, 6.45) is 6.57. The minimum absolute atomic E-state index is 0.157. The molecule has 4 rings (SSSR count). The van der Waals surface area contributed by atoms with E-state index >= 15 is 0 Å². The highest BCUT2D eigenvalue weighted by Gasteiger charge is 2.20. The first kappa shape index (κ1) is 20.1. The number of benzene rings is 2. The minimum Gasteiger partial charge on any atom is -0.505 e. The Morgan fingerprint density at radius 3 is 2.67 bits per heavy atom. The Labute approximate surface area is 176 Å². The molecule has 0 spiro atoms. The molecular weight excluding hydrogens is 376 g/mol. The van der Waals surface area contributed by atoms with Gasteiger partial charge in [0.25, 0.3) is 5.56 Å². The molecule has 1 fully saturated rings. The summed E-state index contributed by atoms with van der Waals surface area (Å²) in [5.74, 6) is 0.467. The van der Waals surface area contributed by atoms with Gasteiger partial charge in [-0.25, -0.2) is 4.68 Å². The molecule has 0 bridgehead atoms. The van der Waals surface area contributed by atoms with Crippen LogP contribution in [0.15, 0.2) is 51.4 Å². The number of phenols is 1. The third-order valence-electron chi connectivity index (χ3n) is 5.94. The minimum atomic E-state index is -0.267. The molecule has 0 aliphatic heterocycles. The van der Waals surface area contributed by atoms with Crippen molar-refractivity contribution in [1.29, 1.82) is 0 Å². The van der Waals surface area contributed by atoms with Gasteiger partial charge in [-0.15, -0.1) is 10.2 Å². The summed E-state index contributed by atoms with van der Waals surface area (Å²) in [5.41, 5.74) is 4.92. The van der Waals surface area contributed by atoms with Crippen molar-refractivity contribution in [2.45, 2.75) is 52.4 Å². The van der Waals surface area contributed by atoms with E-state index in [1.54, 1.807) is 13.0 Å². The second kappa shape index (κ2) is 8.30. The fraction of sp³-hybridized carbons (Fsp3) is 0.333. The smallest absolute Gasteiger partial charge is 0.299 e. The molecule has 3 aromatic rings. The van der Waals surface area contributed by atoms with Gasteiger partial charge < -0.3 is 5.11 Å². The first-order valence-electron chi connectivity index (χ1n) is 10.4. The molecule has 1 atom stereocenters. The van der Waals surface area contributed by atoms with Crippen LogP contribution in [0.1, 0.15) is 54.0 Å². The molecule has 1 aliphatic carbocycles. The maximum atomic E-state index is 12.9. The van der Waals surface area contributed by atoms with E-state index in [1.807, 2.05) is 44.2 Å². The monoisotopic (exact) mass is 403 g/mol. The van der Waals surface area contributed by atoms with Crippen molar-refractivity contribution < 1.29 is 5.11 Å². The van der Waals surface area contributed by atoms with E-state index in [1.165, 1.54) is 10.2 Å². The number of aryl methyl sites for hydroxylation is 3. The van der Waals surface area contributed by atoms with Gasteiger partial charge in [0, 0.05) is 0 Å². The molecule has 6 heteroatoms. The van der Waals surface area contributed by atoms with Gasteiger partial charge in [0.15, 0.2) is 5.69 Å². The fourth-order valence-corrected chi connectivity index (χ4v) is 3.99. The van der Waals surface area contributed by atoms with E-state index in [0.29, 0.717) is 17.3 Å². The zero-order valence-electron chi connectivity index (χ0n) is 17.6. The topological polar surface area (TPSA) is 82.7 Å². The Morgan fingerprint density at radius 1 is 1.10 bits per heavy atom. The quantitative estimate of drug-likeness (QED) is 0.518. The summed E-state index contributed by atoms with van der Waals surface area (Å²) in [4.78, 5) is 12.9. The highest BCUT2D eigenvalue weighted by molar-refractivity contribution is 5.56. The summed E-state index contributed by atoms with van der Waals surface area (Å²) >= 11 is 0. The average molecular weight is 404 g/mol. The number of aromatic amines is 1. The molecule has 0 amide bonds. The van der Waals surface area contributed by atoms with Gasteiger partial charge in [-0.1, -0.05) is 31.0 Å². The second-order valence-electron chi connectivity index (χ2n) is 8.06. The molecular formula is C24H27N4O2. The molecule has 1 aliphatic rings. The van der Waals surface area contributed by atoms with Crippen LogP contribution in [0.4, 0.5) is 11.4 Å². The number of azo groups is 1. The second-order valence-corrected chi connectivity index (χ2v) is 8.06. The molecule has 30 heavy (non-hydrogen) atoms. The van der Waals surface area contributed by atoms with Crippen molar-refractivity contribution in [3.05, 3.63) is 75.6 Å². The van der Waals surface area contributed by atoms with Crippen molar-refractivity contribution in [2.24, 2.45) is 10.2 Å². The average Bonchev–Trinajstić information content (AvgIpc) is 3.03. The lowest BCUT2D eigenvalue weighted by atomic mass is 9.83. The number of nitrogens with one attached hydrogen (secondary N) is 1. The lowest BCUT2D eigenvalue weighted by Crippen LogP contribution is -2.14. The highest BCUT2D eigenvalue weighted by Crippen LogP contribution is 2.41. The molecule has 1 aromatic heterocycles. The number of aromatic nitrogens is 2. The molecule has 0 saturated heterocycles. The van der Waals surface area contributed by atoms with E-state index in [4.69, 9.17) is 0 Å². The van der Waals surface area contributed by atoms with E-state index in [-0.39, 0.29) is 17.0 Å². The number of rotatable bonds is 4. The van der Waals surface area contributed by atoms with Crippen LogP contribution in [0.2, 0.25) is 0 Å². The summed E-state index contributed by atoms with van der Waals surface area (Å²) in [6, 6.07) is 11.4. The van der Waals surface area contributed by atoms with E-state index in [2.05, 4.69) is 21.7 Å². The largest absolute Gasteiger partial charge is 0.505 e. The molecule has 2 aromatic carbocycles. The number of hydrogen-bond acceptors (Lipinski definition) is 4. The molecule has 1 radical (unpaired) electrons. The normalized spacial score (nSPS) is 15.2. The van der Waals surface area contributed by atoms with Crippen molar-refractivity contribution in [2.75, 3.05) is 0 Å². The van der Waals surface area contributed by atoms with Gasteiger partial charge in [-0.05, 0) is 80.8 Å². The van der Waals surface area contributed by atoms with Crippen LogP contribution in [0.25, 0.3) is 5.69 Å². The number of para-hydroxylation sites is 1. The number of hydrogen-bond donors (Lipinski definition) is 2. The van der Waals surface area contributed by atoms with Gasteiger partial charge in [0.1, 0.15) is 11.4 Å². The number of aromatic hydroxyl groups is 1. The number of H-pyrrole nitrogens is 1. The van der Waals surface area contributed by atoms with Crippen LogP contribution < -0.4 is 5.56 Å². The molecule has 1 unspecified atom stereocenters. The molecule has 6 nitrogen and oxygen atoms in total. The summed E-state index contributed by atoms with van der Waals surface area (Å²) < 4.78 is 1.48. The lowest BCUT2D eigenvalue weighted by Gasteiger charge is -2.22. The fourth-order valence-electron chi connectivity index (χ4n) is 3.99. The molecule has 1 saturated carbocycles. The zero-order valence-corrected chi connectivity index (χ0v) is 17.6. The van der Waals surface area contributed by atoms with E-state index in [9.17, 15) is 9.90 Å². The van der Waals surface area contributed by atoms with Gasteiger partial charge in [0.05, 0.1) is 11.4 Å². The molecule has 155 valence electrons. The maximum Gasteiger partial charge on any atom is 0.299 e. The van der Waals surface area contributed by atoms with Crippen LogP contribution in [-0.4, -0.2) is 14.9 Å². The standard InChI is InChI=1S/C24H27N4O2/c1-15-12-13-19(14-16(15)2)28-24(30)22(17(3)27-28)26-25-21-11-7-10-20(23(21)29)18-8-5-4-6-9-18/h5,7,10-14,18,27,29H,4,6,8-9H2,1-3H3. The van der Waals surface area contributed by atoms with Crippen molar-refractivity contribution >= 4 is 11.4 Å². The van der Waals surface area contributed by atoms with Crippen LogP contribution in [0.3, 0.4) is 0 Å². The van der Waals surface area contributed by atoms with Crippen molar-refractivity contribution in [3.8, 4) is 11.4 Å².